The molecule has 11 heteroatoms. The molecule has 0 atom stereocenters. The highest BCUT2D eigenvalue weighted by atomic mass is 32.2. The van der Waals surface area contributed by atoms with Gasteiger partial charge in [0.2, 0.25) is 10.0 Å². The van der Waals surface area contributed by atoms with Crippen LogP contribution < -0.4 is 4.72 Å². The summed E-state index contributed by atoms with van der Waals surface area (Å²) in [7, 11) is -3.86. The highest BCUT2D eigenvalue weighted by Crippen LogP contribution is 2.38. The van der Waals surface area contributed by atoms with E-state index >= 15 is 0 Å². The van der Waals surface area contributed by atoms with Gasteiger partial charge in [-0.2, -0.15) is 0 Å². The molecule has 0 radical (unpaired) electrons. The van der Waals surface area contributed by atoms with E-state index in [1.165, 1.54) is 0 Å². The molecule has 1 fully saturated rings. The van der Waals surface area contributed by atoms with E-state index in [1.807, 2.05) is 0 Å². The van der Waals surface area contributed by atoms with Crippen molar-refractivity contribution in [3.63, 3.8) is 0 Å². The largest absolute Gasteiger partial charge is 0.339 e. The Morgan fingerprint density at radius 2 is 1.89 bits per heavy atom. The molecule has 5 rings (SSSR count). The average Bonchev–Trinajstić information content (AvgIpc) is 3.60. The molecule has 180 valence electrons. The van der Waals surface area contributed by atoms with Crippen LogP contribution in [0.3, 0.4) is 0 Å². The summed E-state index contributed by atoms with van der Waals surface area (Å²) in [5, 5.41) is 0.426. The van der Waals surface area contributed by atoms with Crippen molar-refractivity contribution in [2.24, 2.45) is 0 Å². The van der Waals surface area contributed by atoms with Gasteiger partial charge in [-0.05, 0) is 37.5 Å². The molecule has 0 spiro atoms. The molecule has 0 amide bonds. The van der Waals surface area contributed by atoms with E-state index in [4.69, 9.17) is 0 Å². The number of nitrogens with zero attached hydrogens (tertiary/aromatic N) is 3. The summed E-state index contributed by atoms with van der Waals surface area (Å²) in [6.07, 6.45) is 7.10. The van der Waals surface area contributed by atoms with Gasteiger partial charge < -0.3 is 4.98 Å². The number of benzene rings is 1. The number of pyridine rings is 1. The summed E-state index contributed by atoms with van der Waals surface area (Å²) in [6.45, 7) is 1.66. The number of H-pyrrole nitrogens is 1. The van der Waals surface area contributed by atoms with E-state index in [0.29, 0.717) is 40.7 Å². The molecule has 35 heavy (non-hydrogen) atoms. The third-order valence-electron chi connectivity index (χ3n) is 5.74. The maximum Gasteiger partial charge on any atom is 0.232 e. The van der Waals surface area contributed by atoms with Crippen molar-refractivity contribution in [3.8, 4) is 11.3 Å². The molecular weight excluding hydrogens is 476 g/mol. The number of carbonyl (C=O) groups excluding carboxylic acids is 1. The van der Waals surface area contributed by atoms with E-state index < -0.39 is 38.7 Å². The monoisotopic (exact) mass is 497 g/mol. The fourth-order valence-electron chi connectivity index (χ4n) is 3.92. The summed E-state index contributed by atoms with van der Waals surface area (Å²) in [5.41, 5.74) is 0.347. The third kappa shape index (κ3) is 4.51. The van der Waals surface area contributed by atoms with Gasteiger partial charge in [-0.15, -0.1) is 0 Å². The van der Waals surface area contributed by atoms with Crippen LogP contribution in [0.1, 0.15) is 53.8 Å². The van der Waals surface area contributed by atoms with Crippen molar-refractivity contribution < 1.29 is 22.0 Å². The highest BCUT2D eigenvalue weighted by molar-refractivity contribution is 7.92. The first-order valence-electron chi connectivity index (χ1n) is 11.1. The van der Waals surface area contributed by atoms with Crippen molar-refractivity contribution in [1.29, 1.82) is 0 Å². The molecule has 3 heterocycles. The summed E-state index contributed by atoms with van der Waals surface area (Å²) < 4.78 is 55.7. The summed E-state index contributed by atoms with van der Waals surface area (Å²) >= 11 is 0. The second-order valence-electron chi connectivity index (χ2n) is 8.44. The first kappa shape index (κ1) is 23.0. The number of nitrogens with one attached hydrogen (secondary N) is 2. The predicted octanol–water partition coefficient (Wildman–Crippen LogP) is 4.56. The molecule has 1 aliphatic carbocycles. The highest BCUT2D eigenvalue weighted by Gasteiger charge is 2.28. The van der Waals surface area contributed by atoms with Gasteiger partial charge in [-0.3, -0.25) is 9.52 Å². The van der Waals surface area contributed by atoms with E-state index in [1.54, 1.807) is 37.6 Å². The number of carbonyl (C=O) groups is 1. The average molecular weight is 498 g/mol. The van der Waals surface area contributed by atoms with Crippen LogP contribution in [-0.4, -0.2) is 39.9 Å². The van der Waals surface area contributed by atoms with Crippen molar-refractivity contribution in [3.05, 3.63) is 71.4 Å². The zero-order valence-electron chi connectivity index (χ0n) is 18.7. The molecule has 0 saturated heterocycles. The van der Waals surface area contributed by atoms with Gasteiger partial charge in [0, 0.05) is 41.5 Å². The van der Waals surface area contributed by atoms with Crippen LogP contribution in [0, 0.1) is 11.6 Å². The van der Waals surface area contributed by atoms with Crippen LogP contribution in [0.5, 0.6) is 0 Å². The van der Waals surface area contributed by atoms with Gasteiger partial charge >= 0.3 is 0 Å². The number of halogens is 2. The lowest BCUT2D eigenvalue weighted by atomic mass is 9.98. The smallest absolute Gasteiger partial charge is 0.232 e. The van der Waals surface area contributed by atoms with Crippen molar-refractivity contribution in [2.45, 2.75) is 32.1 Å². The van der Waals surface area contributed by atoms with E-state index in [-0.39, 0.29) is 11.3 Å². The standard InChI is InChI=1S/C24H21F2N5O3S/c1-2-8-35(33,34)31-19-9-16(17(25)10-18(19)26)22(32)20-15-4-3-7-27-24(15)30-21(20)14-11-28-23(29-12-14)13-5-6-13/h3-4,7,9-13,31H,2,5-6,8H2,1H3,(H,27,30). The Morgan fingerprint density at radius 1 is 1.14 bits per heavy atom. The molecule has 0 aliphatic heterocycles. The molecular formula is C24H21F2N5O3S. The van der Waals surface area contributed by atoms with Gasteiger partial charge in [0.25, 0.3) is 0 Å². The minimum absolute atomic E-state index is 0.101. The topological polar surface area (TPSA) is 118 Å². The molecule has 0 bridgehead atoms. The molecule has 1 aliphatic rings. The molecule has 1 aromatic carbocycles. The lowest BCUT2D eigenvalue weighted by molar-refractivity contribution is 0.103. The van der Waals surface area contributed by atoms with Gasteiger partial charge in [0.05, 0.1) is 28.3 Å². The first-order chi connectivity index (χ1) is 16.8. The summed E-state index contributed by atoms with van der Waals surface area (Å²) in [6, 6.07) is 4.67. The number of fused-ring (bicyclic) bond motifs is 1. The zero-order valence-corrected chi connectivity index (χ0v) is 19.5. The Kier molecular flexibility index (Phi) is 5.79. The number of ketones is 1. The zero-order chi connectivity index (χ0) is 24.7. The Labute approximate surface area is 199 Å². The number of rotatable bonds is 8. The van der Waals surface area contributed by atoms with Crippen molar-refractivity contribution in [2.75, 3.05) is 10.5 Å². The van der Waals surface area contributed by atoms with Crippen LogP contribution in [0.25, 0.3) is 22.3 Å². The van der Waals surface area contributed by atoms with Crippen LogP contribution in [0.4, 0.5) is 14.5 Å². The van der Waals surface area contributed by atoms with Crippen LogP contribution in [-0.2, 0) is 10.0 Å². The Bertz CT molecular complexity index is 1550. The van der Waals surface area contributed by atoms with E-state index in [9.17, 15) is 22.0 Å². The summed E-state index contributed by atoms with van der Waals surface area (Å²) in [4.78, 5) is 29.8. The Hall–Kier alpha value is -3.73. The number of hydrogen-bond donors (Lipinski definition) is 2. The van der Waals surface area contributed by atoms with Gasteiger partial charge in [0.15, 0.2) is 5.78 Å². The van der Waals surface area contributed by atoms with Crippen molar-refractivity contribution in [1.82, 2.24) is 19.9 Å². The summed E-state index contributed by atoms with van der Waals surface area (Å²) in [5.74, 6) is -2.18. The lowest BCUT2D eigenvalue weighted by Gasteiger charge is -2.11. The molecule has 3 aromatic heterocycles. The SMILES string of the molecule is CCCS(=O)(=O)Nc1cc(C(=O)c2c(-c3cnc(C4CC4)nc3)[nH]c3ncccc23)c(F)cc1F. The Morgan fingerprint density at radius 3 is 2.57 bits per heavy atom. The number of anilines is 1. The first-order valence-corrected chi connectivity index (χ1v) is 12.8. The molecule has 0 unspecified atom stereocenters. The second-order valence-corrected chi connectivity index (χ2v) is 10.3. The Balaban J connectivity index is 1.62. The molecule has 1 saturated carbocycles. The van der Waals surface area contributed by atoms with E-state index in [0.717, 1.165) is 24.7 Å². The van der Waals surface area contributed by atoms with E-state index in [2.05, 4.69) is 24.7 Å². The maximum atomic E-state index is 14.8. The molecule has 2 N–H and O–H groups in total. The van der Waals surface area contributed by atoms with Crippen LogP contribution >= 0.6 is 0 Å². The minimum Gasteiger partial charge on any atom is -0.339 e. The van der Waals surface area contributed by atoms with Crippen molar-refractivity contribution >= 4 is 32.5 Å². The van der Waals surface area contributed by atoms with Gasteiger partial charge in [-0.25, -0.2) is 32.2 Å². The fourth-order valence-corrected chi connectivity index (χ4v) is 5.05. The fraction of sp³-hybridized carbons (Fsp3) is 0.250. The van der Waals surface area contributed by atoms with Gasteiger partial charge in [-0.1, -0.05) is 6.92 Å². The number of aromatic nitrogens is 4. The third-order valence-corrected chi connectivity index (χ3v) is 7.22. The number of aromatic amines is 1. The normalized spacial score (nSPS) is 13.8. The predicted molar refractivity (Wildman–Crippen MR) is 127 cm³/mol. The molecule has 4 aromatic rings. The minimum atomic E-state index is -3.86. The lowest BCUT2D eigenvalue weighted by Crippen LogP contribution is -2.18. The number of sulfonamides is 1. The second kappa shape index (κ2) is 8.81. The van der Waals surface area contributed by atoms with Crippen LogP contribution in [0.15, 0.2) is 42.9 Å². The number of hydrogen-bond acceptors (Lipinski definition) is 6. The van der Waals surface area contributed by atoms with Crippen LogP contribution in [0.2, 0.25) is 0 Å². The molecule has 8 nitrogen and oxygen atoms in total. The quantitative estimate of drug-likeness (QED) is 0.345. The van der Waals surface area contributed by atoms with Gasteiger partial charge in [0.1, 0.15) is 23.1 Å². The maximum absolute atomic E-state index is 14.8.